The molecule has 0 aromatic rings. The van der Waals surface area contributed by atoms with Crippen LogP contribution in [-0.4, -0.2) is 23.3 Å². The highest BCUT2D eigenvalue weighted by Gasteiger charge is 2.55. The third kappa shape index (κ3) is 7.73. The van der Waals surface area contributed by atoms with Crippen LogP contribution in [0.4, 0.5) is 0 Å². The number of hydrogen-bond donors (Lipinski definition) is 0. The Morgan fingerprint density at radius 2 is 1.37 bits per heavy atom. The molecule has 0 radical (unpaired) electrons. The van der Waals surface area contributed by atoms with Gasteiger partial charge in [0, 0.05) is 6.42 Å². The Balaban J connectivity index is 1.45. The van der Waals surface area contributed by atoms with Crippen molar-refractivity contribution < 1.29 is 19.3 Å². The summed E-state index contributed by atoms with van der Waals surface area (Å²) in [5.74, 6) is -0.170. The largest absolute Gasteiger partial charge is 0.456 e. The average molecular weight is 383 g/mol. The van der Waals surface area contributed by atoms with Gasteiger partial charge in [-0.1, -0.05) is 90.4 Å². The van der Waals surface area contributed by atoms with E-state index in [-0.39, 0.29) is 17.7 Å². The van der Waals surface area contributed by atoms with Crippen molar-refractivity contribution in [1.82, 2.24) is 0 Å². The minimum atomic E-state index is -0.513. The minimum Gasteiger partial charge on any atom is -0.456 e. The van der Waals surface area contributed by atoms with E-state index in [1.807, 2.05) is 6.92 Å². The van der Waals surface area contributed by atoms with Gasteiger partial charge in [-0.05, 0) is 20.3 Å². The van der Waals surface area contributed by atoms with E-state index >= 15 is 0 Å². The summed E-state index contributed by atoms with van der Waals surface area (Å²) >= 11 is 0. The molecule has 3 unspecified atom stereocenters. The van der Waals surface area contributed by atoms with Crippen LogP contribution in [0.1, 0.15) is 124 Å². The highest BCUT2D eigenvalue weighted by molar-refractivity contribution is 5.73. The van der Waals surface area contributed by atoms with Crippen LogP contribution >= 0.6 is 0 Å². The Kier molecular flexibility index (Phi) is 9.58. The van der Waals surface area contributed by atoms with Gasteiger partial charge in [-0.3, -0.25) is 4.79 Å². The van der Waals surface area contributed by atoms with Crippen molar-refractivity contribution in [3.05, 3.63) is 0 Å². The van der Waals surface area contributed by atoms with Crippen LogP contribution in [0.25, 0.3) is 0 Å². The Morgan fingerprint density at radius 1 is 0.852 bits per heavy atom. The maximum absolute atomic E-state index is 11.6. The van der Waals surface area contributed by atoms with Crippen LogP contribution in [0.2, 0.25) is 0 Å². The SMILES string of the molecule is CCCCCCCCCCCCCCCC1(C)CC2(C)OC(=O)CC2OO1. The predicted molar refractivity (Wildman–Crippen MR) is 108 cm³/mol. The standard InChI is InChI=1S/C23H42O4/c1-4-5-6-7-8-9-10-11-12-13-14-15-16-17-22(2)19-23(3)20(26-27-22)18-21(24)25-23/h20H,4-19H2,1-3H3. The zero-order chi connectivity index (χ0) is 19.6. The van der Waals surface area contributed by atoms with Crippen LogP contribution in [0.15, 0.2) is 0 Å². The summed E-state index contributed by atoms with van der Waals surface area (Å²) in [5, 5.41) is 0. The molecule has 0 spiro atoms. The number of hydrogen-bond acceptors (Lipinski definition) is 4. The van der Waals surface area contributed by atoms with E-state index in [4.69, 9.17) is 14.5 Å². The predicted octanol–water partition coefficient (Wildman–Crippen LogP) is 6.65. The van der Waals surface area contributed by atoms with Gasteiger partial charge >= 0.3 is 5.97 Å². The lowest BCUT2D eigenvalue weighted by Gasteiger charge is -2.43. The van der Waals surface area contributed by atoms with Gasteiger partial charge in [-0.15, -0.1) is 0 Å². The van der Waals surface area contributed by atoms with Crippen LogP contribution in [0.3, 0.4) is 0 Å². The number of carbonyl (C=O) groups is 1. The molecule has 0 aromatic carbocycles. The molecule has 0 aliphatic carbocycles. The van der Waals surface area contributed by atoms with Crippen LogP contribution in [0, 0.1) is 0 Å². The molecule has 0 saturated carbocycles. The molecule has 0 aromatic heterocycles. The molecule has 2 heterocycles. The summed E-state index contributed by atoms with van der Waals surface area (Å²) in [6, 6.07) is 0. The third-order valence-electron chi connectivity index (χ3n) is 6.28. The molecular formula is C23H42O4. The van der Waals surface area contributed by atoms with Gasteiger partial charge in [0.05, 0.1) is 6.42 Å². The van der Waals surface area contributed by atoms with Crippen LogP contribution in [0.5, 0.6) is 0 Å². The highest BCUT2D eigenvalue weighted by atomic mass is 17.2. The van der Waals surface area contributed by atoms with Crippen molar-refractivity contribution in [3.8, 4) is 0 Å². The Hall–Kier alpha value is -0.610. The van der Waals surface area contributed by atoms with Crippen LogP contribution in [-0.2, 0) is 19.3 Å². The van der Waals surface area contributed by atoms with E-state index in [0.29, 0.717) is 6.42 Å². The molecule has 2 aliphatic rings. The van der Waals surface area contributed by atoms with Crippen LogP contribution < -0.4 is 0 Å². The van der Waals surface area contributed by atoms with Crippen molar-refractivity contribution in [2.75, 3.05) is 0 Å². The summed E-state index contributed by atoms with van der Waals surface area (Å²) in [5.41, 5.74) is -0.853. The van der Waals surface area contributed by atoms with Gasteiger partial charge in [-0.25, -0.2) is 9.78 Å². The first kappa shape index (κ1) is 22.7. The highest BCUT2D eigenvalue weighted by Crippen LogP contribution is 2.44. The summed E-state index contributed by atoms with van der Waals surface area (Å²) in [6.07, 6.45) is 19.4. The Morgan fingerprint density at radius 3 is 1.93 bits per heavy atom. The summed E-state index contributed by atoms with van der Waals surface area (Å²) in [6.45, 7) is 6.34. The second-order valence-electron chi connectivity index (χ2n) is 9.28. The summed E-state index contributed by atoms with van der Waals surface area (Å²) < 4.78 is 5.52. The van der Waals surface area contributed by atoms with Crippen molar-refractivity contribution in [3.63, 3.8) is 0 Å². The maximum atomic E-state index is 11.6. The zero-order valence-corrected chi connectivity index (χ0v) is 18.0. The van der Waals surface area contributed by atoms with Crippen molar-refractivity contribution in [2.24, 2.45) is 0 Å². The molecule has 27 heavy (non-hydrogen) atoms. The lowest BCUT2D eigenvalue weighted by Crippen LogP contribution is -2.51. The summed E-state index contributed by atoms with van der Waals surface area (Å²) in [7, 11) is 0. The Labute approximate surface area is 166 Å². The zero-order valence-electron chi connectivity index (χ0n) is 18.0. The van der Waals surface area contributed by atoms with E-state index < -0.39 is 5.60 Å². The quantitative estimate of drug-likeness (QED) is 0.192. The topological polar surface area (TPSA) is 44.8 Å². The molecule has 2 rings (SSSR count). The first-order chi connectivity index (χ1) is 13.0. The molecule has 3 atom stereocenters. The maximum Gasteiger partial charge on any atom is 0.309 e. The lowest BCUT2D eigenvalue weighted by atomic mass is 9.82. The molecule has 4 nitrogen and oxygen atoms in total. The second kappa shape index (κ2) is 11.4. The lowest BCUT2D eigenvalue weighted by molar-refractivity contribution is -0.428. The first-order valence-corrected chi connectivity index (χ1v) is 11.5. The van der Waals surface area contributed by atoms with Crippen molar-refractivity contribution in [1.29, 1.82) is 0 Å². The van der Waals surface area contributed by atoms with Crippen molar-refractivity contribution >= 4 is 5.97 Å². The van der Waals surface area contributed by atoms with E-state index in [0.717, 1.165) is 19.3 Å². The van der Waals surface area contributed by atoms with Gasteiger partial charge in [0.1, 0.15) is 17.3 Å². The van der Waals surface area contributed by atoms with E-state index in [1.54, 1.807) is 0 Å². The number of carbonyl (C=O) groups excluding carboxylic acids is 1. The van der Waals surface area contributed by atoms with Gasteiger partial charge in [0.25, 0.3) is 0 Å². The number of rotatable bonds is 14. The molecule has 0 bridgehead atoms. The average Bonchev–Trinajstić information content (AvgIpc) is 2.91. The fourth-order valence-electron chi connectivity index (χ4n) is 4.61. The fraction of sp³-hybridized carbons (Fsp3) is 0.957. The van der Waals surface area contributed by atoms with Gasteiger partial charge in [0.2, 0.25) is 0 Å². The number of fused-ring (bicyclic) bond motifs is 1. The minimum absolute atomic E-state index is 0.170. The molecule has 2 aliphatic heterocycles. The molecule has 0 N–H and O–H groups in total. The van der Waals surface area contributed by atoms with Gasteiger partial charge in [0.15, 0.2) is 0 Å². The van der Waals surface area contributed by atoms with Crippen molar-refractivity contribution in [2.45, 2.75) is 141 Å². The number of esters is 1. The molecule has 2 saturated heterocycles. The van der Waals surface area contributed by atoms with E-state index in [1.165, 1.54) is 77.0 Å². The monoisotopic (exact) mass is 382 g/mol. The van der Waals surface area contributed by atoms with Gasteiger partial charge < -0.3 is 4.74 Å². The number of ether oxygens (including phenoxy) is 1. The van der Waals surface area contributed by atoms with E-state index in [2.05, 4.69) is 13.8 Å². The normalized spacial score (nSPS) is 30.3. The van der Waals surface area contributed by atoms with Gasteiger partial charge in [-0.2, -0.15) is 0 Å². The fourth-order valence-corrected chi connectivity index (χ4v) is 4.61. The van der Waals surface area contributed by atoms with E-state index in [9.17, 15) is 4.79 Å². The molecule has 158 valence electrons. The smallest absolute Gasteiger partial charge is 0.309 e. The number of unbranched alkanes of at least 4 members (excludes halogenated alkanes) is 12. The molecule has 2 fully saturated rings. The summed E-state index contributed by atoms with van der Waals surface area (Å²) in [4.78, 5) is 22.7. The second-order valence-corrected chi connectivity index (χ2v) is 9.28. The molecular weight excluding hydrogens is 340 g/mol. The Bertz CT molecular complexity index is 438. The first-order valence-electron chi connectivity index (χ1n) is 11.5. The third-order valence-corrected chi connectivity index (χ3v) is 6.28. The molecule has 0 amide bonds. The molecule has 4 heteroatoms.